The third-order valence-corrected chi connectivity index (χ3v) is 8.53. The van der Waals surface area contributed by atoms with Crippen LogP contribution in [0.3, 0.4) is 0 Å². The Morgan fingerprint density at radius 1 is 0.500 bits per heavy atom. The number of para-hydroxylation sites is 2. The zero-order valence-electron chi connectivity index (χ0n) is 21.5. The van der Waals surface area contributed by atoms with E-state index in [1.165, 1.54) is 27.8 Å². The molecule has 1 aliphatic heterocycles. The SMILES string of the molecule is c1ccc2c(c1)Oc1cc(Nc3cccc4oc5ccccc5c34)ccc1C21c2ccccc2-c2ccccc21. The maximum absolute atomic E-state index is 6.66. The fourth-order valence-electron chi connectivity index (χ4n) is 6.97. The van der Waals surface area contributed by atoms with Gasteiger partial charge in [0.25, 0.3) is 0 Å². The number of hydrogen-bond acceptors (Lipinski definition) is 3. The molecule has 0 fully saturated rings. The van der Waals surface area contributed by atoms with Crippen molar-refractivity contribution in [3.8, 4) is 22.6 Å². The first-order valence-corrected chi connectivity index (χ1v) is 13.6. The van der Waals surface area contributed by atoms with E-state index in [9.17, 15) is 0 Å². The number of hydrogen-bond donors (Lipinski definition) is 1. The lowest BCUT2D eigenvalue weighted by Crippen LogP contribution is -2.32. The molecule has 2 aliphatic rings. The van der Waals surface area contributed by atoms with E-state index in [1.807, 2.05) is 24.3 Å². The van der Waals surface area contributed by atoms with E-state index >= 15 is 0 Å². The van der Waals surface area contributed by atoms with Crippen molar-refractivity contribution in [1.82, 2.24) is 0 Å². The van der Waals surface area contributed by atoms with Crippen molar-refractivity contribution < 1.29 is 9.15 Å². The van der Waals surface area contributed by atoms with E-state index in [0.29, 0.717) is 0 Å². The molecule has 0 unspecified atom stereocenters. The first-order valence-electron chi connectivity index (χ1n) is 13.6. The summed E-state index contributed by atoms with van der Waals surface area (Å²) in [5.74, 6) is 1.75. The Morgan fingerprint density at radius 2 is 1.15 bits per heavy atom. The van der Waals surface area contributed by atoms with Crippen LogP contribution in [0.5, 0.6) is 11.5 Å². The van der Waals surface area contributed by atoms with Gasteiger partial charge in [-0.2, -0.15) is 0 Å². The van der Waals surface area contributed by atoms with Gasteiger partial charge in [-0.15, -0.1) is 0 Å². The quantitative estimate of drug-likeness (QED) is 0.250. The highest BCUT2D eigenvalue weighted by Gasteiger charge is 2.50. The minimum absolute atomic E-state index is 0.448. The molecule has 1 aliphatic carbocycles. The van der Waals surface area contributed by atoms with Crippen LogP contribution in [0.25, 0.3) is 33.1 Å². The summed E-state index contributed by atoms with van der Waals surface area (Å²) in [6.07, 6.45) is 0. The Kier molecular flexibility index (Phi) is 4.26. The summed E-state index contributed by atoms with van der Waals surface area (Å²) in [5, 5.41) is 5.86. The van der Waals surface area contributed by atoms with Crippen LogP contribution in [0.1, 0.15) is 22.3 Å². The molecule has 2 heterocycles. The highest BCUT2D eigenvalue weighted by atomic mass is 16.5. The van der Waals surface area contributed by atoms with E-state index in [2.05, 4.69) is 115 Å². The average Bonchev–Trinajstić information content (AvgIpc) is 3.53. The van der Waals surface area contributed by atoms with Gasteiger partial charge in [-0.1, -0.05) is 97.1 Å². The second-order valence-electron chi connectivity index (χ2n) is 10.6. The van der Waals surface area contributed by atoms with Gasteiger partial charge >= 0.3 is 0 Å². The first kappa shape index (κ1) is 21.6. The molecule has 0 radical (unpaired) electrons. The molecule has 3 heteroatoms. The molecule has 1 N–H and O–H groups in total. The number of furan rings is 1. The molecule has 0 atom stereocenters. The van der Waals surface area contributed by atoms with Crippen LogP contribution in [-0.4, -0.2) is 0 Å². The standard InChI is InChI=1S/C37H23NO2/c1-4-13-27-24(10-1)25-11-2-5-14-28(25)37(27)29-15-6-8-18-33(29)40-35-22-23(20-21-30(35)37)38-31-16-9-19-34-36(31)26-12-3-7-17-32(26)39-34/h1-22,38H. The van der Waals surface area contributed by atoms with E-state index in [1.54, 1.807) is 0 Å². The van der Waals surface area contributed by atoms with Gasteiger partial charge in [0.05, 0.1) is 16.5 Å². The van der Waals surface area contributed by atoms with Crippen LogP contribution in [0.4, 0.5) is 11.4 Å². The van der Waals surface area contributed by atoms with Crippen molar-refractivity contribution in [3.05, 3.63) is 156 Å². The normalized spacial score (nSPS) is 13.9. The van der Waals surface area contributed by atoms with Crippen molar-refractivity contribution in [2.75, 3.05) is 5.32 Å². The number of fused-ring (bicyclic) bond motifs is 12. The van der Waals surface area contributed by atoms with Crippen molar-refractivity contribution in [2.45, 2.75) is 5.41 Å². The van der Waals surface area contributed by atoms with Crippen molar-refractivity contribution in [1.29, 1.82) is 0 Å². The van der Waals surface area contributed by atoms with E-state index < -0.39 is 5.41 Å². The Morgan fingerprint density at radius 3 is 1.98 bits per heavy atom. The van der Waals surface area contributed by atoms with Crippen molar-refractivity contribution in [3.63, 3.8) is 0 Å². The van der Waals surface area contributed by atoms with Gasteiger partial charge < -0.3 is 14.5 Å². The second-order valence-corrected chi connectivity index (χ2v) is 10.6. The topological polar surface area (TPSA) is 34.4 Å². The highest BCUT2D eigenvalue weighted by Crippen LogP contribution is 2.62. The highest BCUT2D eigenvalue weighted by molar-refractivity contribution is 6.12. The third-order valence-electron chi connectivity index (χ3n) is 8.53. The largest absolute Gasteiger partial charge is 0.457 e. The van der Waals surface area contributed by atoms with Gasteiger partial charge in [0.15, 0.2) is 0 Å². The molecule has 9 rings (SSSR count). The summed E-state index contributed by atoms with van der Waals surface area (Å²) >= 11 is 0. The average molecular weight is 514 g/mol. The summed E-state index contributed by atoms with van der Waals surface area (Å²) in [5.41, 5.74) is 10.8. The maximum atomic E-state index is 6.66. The van der Waals surface area contributed by atoms with E-state index in [-0.39, 0.29) is 0 Å². The van der Waals surface area contributed by atoms with Crippen LogP contribution in [0, 0.1) is 0 Å². The fraction of sp³-hybridized carbons (Fsp3) is 0.0270. The van der Waals surface area contributed by atoms with E-state index in [0.717, 1.165) is 50.4 Å². The van der Waals surface area contributed by atoms with Crippen LogP contribution in [0.15, 0.2) is 138 Å². The summed E-state index contributed by atoms with van der Waals surface area (Å²) in [4.78, 5) is 0. The number of anilines is 2. The summed E-state index contributed by atoms with van der Waals surface area (Å²) in [6, 6.07) is 46.9. The molecule has 6 aromatic carbocycles. The monoisotopic (exact) mass is 513 g/mol. The molecular weight excluding hydrogens is 490 g/mol. The summed E-state index contributed by atoms with van der Waals surface area (Å²) < 4.78 is 12.8. The van der Waals surface area contributed by atoms with Gasteiger partial charge in [0, 0.05) is 28.3 Å². The maximum Gasteiger partial charge on any atom is 0.137 e. The molecule has 0 bridgehead atoms. The molecule has 0 amide bonds. The summed E-state index contributed by atoms with van der Waals surface area (Å²) in [7, 11) is 0. The second kappa shape index (κ2) is 7.87. The van der Waals surface area contributed by atoms with Crippen molar-refractivity contribution in [2.24, 2.45) is 0 Å². The van der Waals surface area contributed by atoms with Crippen LogP contribution >= 0.6 is 0 Å². The molecule has 40 heavy (non-hydrogen) atoms. The Labute approximate surface area is 231 Å². The number of nitrogens with one attached hydrogen (secondary N) is 1. The first-order chi connectivity index (χ1) is 19.8. The molecular formula is C37H23NO2. The molecule has 0 saturated carbocycles. The van der Waals surface area contributed by atoms with Gasteiger partial charge in [0.1, 0.15) is 22.7 Å². The molecule has 1 spiro atoms. The minimum Gasteiger partial charge on any atom is -0.457 e. The molecule has 1 aromatic heterocycles. The zero-order valence-corrected chi connectivity index (χ0v) is 21.5. The third kappa shape index (κ3) is 2.73. The molecule has 7 aromatic rings. The predicted octanol–water partition coefficient (Wildman–Crippen LogP) is 9.80. The summed E-state index contributed by atoms with van der Waals surface area (Å²) in [6.45, 7) is 0. The Balaban J connectivity index is 1.26. The lowest BCUT2D eigenvalue weighted by molar-refractivity contribution is 0.436. The van der Waals surface area contributed by atoms with Gasteiger partial charge in [-0.3, -0.25) is 0 Å². The van der Waals surface area contributed by atoms with Crippen molar-refractivity contribution >= 4 is 33.3 Å². The Hall–Kier alpha value is -5.28. The van der Waals surface area contributed by atoms with E-state index in [4.69, 9.17) is 9.15 Å². The number of rotatable bonds is 2. The molecule has 188 valence electrons. The zero-order chi connectivity index (χ0) is 26.3. The van der Waals surface area contributed by atoms with Crippen LogP contribution < -0.4 is 10.1 Å². The molecule has 0 saturated heterocycles. The lowest BCUT2D eigenvalue weighted by atomic mass is 9.66. The van der Waals surface area contributed by atoms with Gasteiger partial charge in [0.2, 0.25) is 0 Å². The Bertz CT molecular complexity index is 2090. The van der Waals surface area contributed by atoms with Gasteiger partial charge in [-0.05, 0) is 52.6 Å². The van der Waals surface area contributed by atoms with Crippen LogP contribution in [-0.2, 0) is 5.41 Å². The number of ether oxygens (including phenoxy) is 1. The van der Waals surface area contributed by atoms with Crippen LogP contribution in [0.2, 0.25) is 0 Å². The number of benzene rings is 6. The smallest absolute Gasteiger partial charge is 0.137 e. The lowest BCUT2D eigenvalue weighted by Gasteiger charge is -2.39. The predicted molar refractivity (Wildman–Crippen MR) is 161 cm³/mol. The molecule has 3 nitrogen and oxygen atoms in total. The minimum atomic E-state index is -0.448. The van der Waals surface area contributed by atoms with Gasteiger partial charge in [-0.25, -0.2) is 0 Å². The fourth-order valence-corrected chi connectivity index (χ4v) is 6.97.